The molecule has 0 bridgehead atoms. The molecule has 0 unspecified atom stereocenters. The molecule has 0 spiro atoms. The SMILES string of the molecule is CCOc1cc(/C=N\NC(=O)c2cc3ccccc3o2)c(Br)cc1O. The molecule has 25 heavy (non-hydrogen) atoms. The molecule has 1 amide bonds. The Kier molecular flexibility index (Phi) is 5.04. The molecule has 0 radical (unpaired) electrons. The number of hydrogen-bond acceptors (Lipinski definition) is 5. The van der Waals surface area contributed by atoms with Crippen molar-refractivity contribution in [2.75, 3.05) is 6.61 Å². The van der Waals surface area contributed by atoms with Crippen LogP contribution >= 0.6 is 15.9 Å². The minimum atomic E-state index is -0.451. The normalized spacial score (nSPS) is 11.1. The highest BCUT2D eigenvalue weighted by molar-refractivity contribution is 9.10. The van der Waals surface area contributed by atoms with Crippen molar-refractivity contribution in [2.45, 2.75) is 6.92 Å². The smallest absolute Gasteiger partial charge is 0.307 e. The van der Waals surface area contributed by atoms with Crippen LogP contribution in [0.5, 0.6) is 11.5 Å². The van der Waals surface area contributed by atoms with Crippen molar-refractivity contribution >= 4 is 39.0 Å². The van der Waals surface area contributed by atoms with Crippen molar-refractivity contribution in [3.8, 4) is 11.5 Å². The first-order valence-corrected chi connectivity index (χ1v) is 8.35. The van der Waals surface area contributed by atoms with Crippen LogP contribution in [0, 0.1) is 0 Å². The second-order valence-corrected chi connectivity index (χ2v) is 5.98. The minimum Gasteiger partial charge on any atom is -0.504 e. The number of fused-ring (bicyclic) bond motifs is 1. The van der Waals surface area contributed by atoms with E-state index in [4.69, 9.17) is 9.15 Å². The first-order valence-electron chi connectivity index (χ1n) is 7.55. The van der Waals surface area contributed by atoms with Crippen LogP contribution in [-0.2, 0) is 0 Å². The van der Waals surface area contributed by atoms with Crippen molar-refractivity contribution in [3.63, 3.8) is 0 Å². The van der Waals surface area contributed by atoms with Gasteiger partial charge in [-0.05, 0) is 47.1 Å². The molecule has 0 aliphatic rings. The zero-order valence-corrected chi connectivity index (χ0v) is 14.9. The molecule has 0 fully saturated rings. The summed E-state index contributed by atoms with van der Waals surface area (Å²) in [4.78, 5) is 12.1. The van der Waals surface area contributed by atoms with Crippen LogP contribution in [0.2, 0.25) is 0 Å². The summed E-state index contributed by atoms with van der Waals surface area (Å²) in [6.07, 6.45) is 1.45. The lowest BCUT2D eigenvalue weighted by atomic mass is 10.2. The van der Waals surface area contributed by atoms with E-state index in [1.54, 1.807) is 18.2 Å². The van der Waals surface area contributed by atoms with Gasteiger partial charge in [0.05, 0.1) is 12.8 Å². The number of hydrazone groups is 1. The number of carbonyl (C=O) groups excluding carboxylic acids is 1. The Bertz CT molecular complexity index is 916. The van der Waals surface area contributed by atoms with E-state index in [1.165, 1.54) is 12.3 Å². The summed E-state index contributed by atoms with van der Waals surface area (Å²) in [5.41, 5.74) is 3.70. The van der Waals surface area contributed by atoms with Gasteiger partial charge in [-0.1, -0.05) is 18.2 Å². The number of hydrogen-bond donors (Lipinski definition) is 2. The summed E-state index contributed by atoms with van der Waals surface area (Å²) in [7, 11) is 0. The van der Waals surface area contributed by atoms with Crippen LogP contribution < -0.4 is 10.2 Å². The summed E-state index contributed by atoms with van der Waals surface area (Å²) in [5.74, 6) is 0.0958. The molecular formula is C18H15BrN2O4. The largest absolute Gasteiger partial charge is 0.504 e. The van der Waals surface area contributed by atoms with Crippen molar-refractivity contribution < 1.29 is 19.1 Å². The third-order valence-corrected chi connectivity index (χ3v) is 4.08. The highest BCUT2D eigenvalue weighted by Crippen LogP contribution is 2.31. The number of carbonyl (C=O) groups is 1. The van der Waals surface area contributed by atoms with Gasteiger partial charge in [0.2, 0.25) is 0 Å². The second-order valence-electron chi connectivity index (χ2n) is 5.12. The van der Waals surface area contributed by atoms with E-state index in [-0.39, 0.29) is 11.5 Å². The van der Waals surface area contributed by atoms with Crippen molar-refractivity contribution in [1.82, 2.24) is 5.43 Å². The number of phenolic OH excluding ortho intramolecular Hbond substituents is 1. The first kappa shape index (κ1) is 17.0. The molecule has 2 N–H and O–H groups in total. The predicted octanol–water partition coefficient (Wildman–Crippen LogP) is 4.06. The molecule has 0 aliphatic carbocycles. The Morgan fingerprint density at radius 2 is 2.16 bits per heavy atom. The number of nitrogens with zero attached hydrogens (tertiary/aromatic N) is 1. The van der Waals surface area contributed by atoms with Gasteiger partial charge < -0.3 is 14.3 Å². The van der Waals surface area contributed by atoms with Crippen LogP contribution in [-0.4, -0.2) is 23.8 Å². The quantitative estimate of drug-likeness (QED) is 0.497. The number of phenols is 1. The number of halogens is 1. The fraction of sp³-hybridized carbons (Fsp3) is 0.111. The van der Waals surface area contributed by atoms with Crippen molar-refractivity contribution in [2.24, 2.45) is 5.10 Å². The summed E-state index contributed by atoms with van der Waals surface area (Å²) in [5, 5.41) is 14.6. The second kappa shape index (κ2) is 7.40. The van der Waals surface area contributed by atoms with E-state index in [0.29, 0.717) is 28.0 Å². The minimum absolute atomic E-state index is 0.0252. The number of nitrogens with one attached hydrogen (secondary N) is 1. The summed E-state index contributed by atoms with van der Waals surface area (Å²) in [6, 6.07) is 12.1. The Balaban J connectivity index is 1.74. The van der Waals surface area contributed by atoms with Crippen LogP contribution in [0.15, 0.2) is 56.5 Å². The van der Waals surface area contributed by atoms with Crippen LogP contribution in [0.3, 0.4) is 0 Å². The highest BCUT2D eigenvalue weighted by atomic mass is 79.9. The van der Waals surface area contributed by atoms with Gasteiger partial charge in [0.1, 0.15) is 5.58 Å². The number of amides is 1. The van der Waals surface area contributed by atoms with Crippen molar-refractivity contribution in [1.29, 1.82) is 0 Å². The number of rotatable bonds is 5. The molecule has 0 saturated heterocycles. The van der Waals surface area contributed by atoms with Crippen LogP contribution in [0.4, 0.5) is 0 Å². The summed E-state index contributed by atoms with van der Waals surface area (Å²) in [6.45, 7) is 2.25. The first-order chi connectivity index (χ1) is 12.1. The zero-order chi connectivity index (χ0) is 17.8. The molecule has 0 aliphatic heterocycles. The molecule has 7 heteroatoms. The van der Waals surface area contributed by atoms with Crippen LogP contribution in [0.25, 0.3) is 11.0 Å². The van der Waals surface area contributed by atoms with E-state index in [1.807, 2.05) is 25.1 Å². The number of aromatic hydroxyl groups is 1. The van der Waals surface area contributed by atoms with Crippen LogP contribution in [0.1, 0.15) is 23.0 Å². The van der Waals surface area contributed by atoms with Gasteiger partial charge in [-0.2, -0.15) is 5.10 Å². The molecule has 128 valence electrons. The Hall–Kier alpha value is -2.80. The molecular weight excluding hydrogens is 388 g/mol. The molecule has 3 rings (SSSR count). The predicted molar refractivity (Wildman–Crippen MR) is 98.3 cm³/mol. The van der Waals surface area contributed by atoms with E-state index >= 15 is 0 Å². The summed E-state index contributed by atoms with van der Waals surface area (Å²) >= 11 is 3.33. The maximum Gasteiger partial charge on any atom is 0.307 e. The summed E-state index contributed by atoms with van der Waals surface area (Å²) < 4.78 is 11.4. The maximum absolute atomic E-state index is 12.1. The van der Waals surface area contributed by atoms with Gasteiger partial charge in [0.15, 0.2) is 17.3 Å². The number of para-hydroxylation sites is 1. The Labute approximate surface area is 152 Å². The lowest BCUT2D eigenvalue weighted by Gasteiger charge is -2.08. The van der Waals surface area contributed by atoms with Gasteiger partial charge >= 0.3 is 5.91 Å². The number of benzene rings is 2. The van der Waals surface area contributed by atoms with E-state index in [2.05, 4.69) is 26.5 Å². The van der Waals surface area contributed by atoms with Gasteiger partial charge in [-0.15, -0.1) is 0 Å². The number of ether oxygens (including phenoxy) is 1. The standard InChI is InChI=1S/C18H15BrN2O4/c1-2-24-16-8-12(13(19)9-14(16)22)10-20-21-18(23)17-7-11-5-3-4-6-15(11)25-17/h3-10,22H,2H2,1H3,(H,21,23)/b20-10-. The van der Waals surface area contributed by atoms with Gasteiger partial charge in [0.25, 0.3) is 0 Å². The molecule has 1 aromatic heterocycles. The molecule has 2 aromatic carbocycles. The van der Waals surface area contributed by atoms with Crippen molar-refractivity contribution in [3.05, 3.63) is 58.3 Å². The number of furan rings is 1. The fourth-order valence-electron chi connectivity index (χ4n) is 2.24. The average Bonchev–Trinajstić information content (AvgIpc) is 3.03. The van der Waals surface area contributed by atoms with E-state index < -0.39 is 5.91 Å². The average molecular weight is 403 g/mol. The fourth-order valence-corrected chi connectivity index (χ4v) is 2.67. The molecule has 0 atom stereocenters. The Morgan fingerprint density at radius 1 is 1.36 bits per heavy atom. The Morgan fingerprint density at radius 3 is 2.92 bits per heavy atom. The topological polar surface area (TPSA) is 84.1 Å². The van der Waals surface area contributed by atoms with Gasteiger partial charge in [0, 0.05) is 15.4 Å². The lowest BCUT2D eigenvalue weighted by molar-refractivity contribution is 0.0929. The zero-order valence-electron chi connectivity index (χ0n) is 13.3. The van der Waals surface area contributed by atoms with Gasteiger partial charge in [-0.3, -0.25) is 4.79 Å². The molecule has 3 aromatic rings. The molecule has 1 heterocycles. The third-order valence-electron chi connectivity index (χ3n) is 3.40. The van der Waals surface area contributed by atoms with Gasteiger partial charge in [-0.25, -0.2) is 5.43 Å². The molecule has 0 saturated carbocycles. The molecule has 6 nitrogen and oxygen atoms in total. The van der Waals surface area contributed by atoms with E-state index in [0.717, 1.165) is 5.39 Å². The monoisotopic (exact) mass is 402 g/mol. The third kappa shape index (κ3) is 3.83. The highest BCUT2D eigenvalue weighted by Gasteiger charge is 2.11. The lowest BCUT2D eigenvalue weighted by Crippen LogP contribution is -2.16. The van der Waals surface area contributed by atoms with E-state index in [9.17, 15) is 9.90 Å². The maximum atomic E-state index is 12.1.